The van der Waals surface area contributed by atoms with Crippen LogP contribution in [0.1, 0.15) is 12.0 Å². The summed E-state index contributed by atoms with van der Waals surface area (Å²) in [5, 5.41) is 11.3. The molecular weight excluding hydrogens is 156 g/mol. The van der Waals surface area contributed by atoms with E-state index in [-0.39, 0.29) is 6.42 Å². The van der Waals surface area contributed by atoms with Crippen molar-refractivity contribution in [2.75, 3.05) is 6.54 Å². The van der Waals surface area contributed by atoms with Crippen molar-refractivity contribution in [1.29, 1.82) is 0 Å². The van der Waals surface area contributed by atoms with Gasteiger partial charge in [-0.3, -0.25) is 4.79 Å². The summed E-state index contributed by atoms with van der Waals surface area (Å²) >= 11 is 0. The minimum atomic E-state index is -0.767. The summed E-state index contributed by atoms with van der Waals surface area (Å²) in [7, 11) is 0. The van der Waals surface area contributed by atoms with E-state index in [4.69, 9.17) is 5.11 Å². The smallest absolute Gasteiger partial charge is 0.304 e. The average Bonchev–Trinajstić information content (AvgIpc) is 2.49. The fraction of sp³-hybridized carbons (Fsp3) is 0.375. The van der Waals surface area contributed by atoms with E-state index in [9.17, 15) is 4.79 Å². The Bertz CT molecular complexity index is 231. The van der Waals surface area contributed by atoms with Crippen molar-refractivity contribution in [3.05, 3.63) is 24.0 Å². The monoisotopic (exact) mass is 168 g/mol. The minimum absolute atomic E-state index is 0.171. The molecule has 12 heavy (non-hydrogen) atoms. The Morgan fingerprint density at radius 3 is 3.08 bits per heavy atom. The summed E-state index contributed by atoms with van der Waals surface area (Å²) in [6, 6.07) is 1.95. The van der Waals surface area contributed by atoms with Gasteiger partial charge in [-0.25, -0.2) is 0 Å². The Morgan fingerprint density at radius 2 is 2.50 bits per heavy atom. The third-order valence-electron chi connectivity index (χ3n) is 1.51. The van der Waals surface area contributed by atoms with Gasteiger partial charge in [0.25, 0.3) is 0 Å². The Kier molecular flexibility index (Phi) is 3.35. The summed E-state index contributed by atoms with van der Waals surface area (Å²) in [5.74, 6) is -0.767. The van der Waals surface area contributed by atoms with E-state index in [1.54, 1.807) is 0 Å². The lowest BCUT2D eigenvalue weighted by atomic mass is 10.3. The zero-order valence-electron chi connectivity index (χ0n) is 6.71. The standard InChI is InChI=1S/C8H12N2O2/c11-8(12)2-4-10-6-7-1-3-9-5-7/h1,3,5,9-10H,2,4,6H2,(H,11,12). The summed E-state index contributed by atoms with van der Waals surface area (Å²) in [6.07, 6.45) is 3.90. The summed E-state index contributed by atoms with van der Waals surface area (Å²) in [5.41, 5.74) is 1.14. The van der Waals surface area contributed by atoms with Crippen molar-refractivity contribution < 1.29 is 9.90 Å². The Morgan fingerprint density at radius 1 is 1.67 bits per heavy atom. The second-order valence-electron chi connectivity index (χ2n) is 2.54. The molecule has 0 aliphatic rings. The number of carbonyl (C=O) groups is 1. The van der Waals surface area contributed by atoms with Gasteiger partial charge >= 0.3 is 5.97 Å². The second-order valence-corrected chi connectivity index (χ2v) is 2.54. The van der Waals surface area contributed by atoms with Crippen molar-refractivity contribution in [1.82, 2.24) is 10.3 Å². The maximum atomic E-state index is 10.1. The number of carboxylic acids is 1. The molecule has 0 aliphatic heterocycles. The highest BCUT2D eigenvalue weighted by Gasteiger charge is 1.95. The highest BCUT2D eigenvalue weighted by Crippen LogP contribution is 1.94. The minimum Gasteiger partial charge on any atom is -0.481 e. The molecule has 0 aromatic carbocycles. The highest BCUT2D eigenvalue weighted by molar-refractivity contribution is 5.66. The summed E-state index contributed by atoms with van der Waals surface area (Å²) < 4.78 is 0. The lowest BCUT2D eigenvalue weighted by Gasteiger charge is -1.99. The number of aromatic nitrogens is 1. The first-order chi connectivity index (χ1) is 5.79. The lowest BCUT2D eigenvalue weighted by molar-refractivity contribution is -0.136. The van der Waals surface area contributed by atoms with Crippen molar-refractivity contribution >= 4 is 5.97 Å². The van der Waals surface area contributed by atoms with Gasteiger partial charge in [-0.1, -0.05) is 0 Å². The number of aliphatic carboxylic acids is 1. The lowest BCUT2D eigenvalue weighted by Crippen LogP contribution is -2.17. The van der Waals surface area contributed by atoms with Gasteiger partial charge in [-0.05, 0) is 11.6 Å². The molecule has 4 nitrogen and oxygen atoms in total. The zero-order valence-corrected chi connectivity index (χ0v) is 6.71. The first kappa shape index (κ1) is 8.80. The number of carboxylic acid groups (broad SMARTS) is 1. The molecule has 0 bridgehead atoms. The maximum absolute atomic E-state index is 10.1. The van der Waals surface area contributed by atoms with Crippen LogP contribution >= 0.6 is 0 Å². The number of hydrogen-bond donors (Lipinski definition) is 3. The molecule has 1 aromatic rings. The molecule has 0 atom stereocenters. The average molecular weight is 168 g/mol. The van der Waals surface area contributed by atoms with Crippen LogP contribution in [0.2, 0.25) is 0 Å². The van der Waals surface area contributed by atoms with Crippen LogP contribution in [0.25, 0.3) is 0 Å². The molecule has 0 amide bonds. The topological polar surface area (TPSA) is 65.1 Å². The fourth-order valence-electron chi connectivity index (χ4n) is 0.896. The number of nitrogens with one attached hydrogen (secondary N) is 2. The molecule has 0 spiro atoms. The van der Waals surface area contributed by atoms with Gasteiger partial charge < -0.3 is 15.4 Å². The van der Waals surface area contributed by atoms with E-state index < -0.39 is 5.97 Å². The van der Waals surface area contributed by atoms with Crippen LogP contribution in [0.4, 0.5) is 0 Å². The second kappa shape index (κ2) is 4.56. The van der Waals surface area contributed by atoms with E-state index in [1.165, 1.54) is 0 Å². The number of rotatable bonds is 5. The quantitative estimate of drug-likeness (QED) is 0.563. The number of H-pyrrole nitrogens is 1. The molecule has 66 valence electrons. The van der Waals surface area contributed by atoms with Gasteiger partial charge in [0.05, 0.1) is 6.42 Å². The third kappa shape index (κ3) is 3.21. The predicted octanol–water partition coefficient (Wildman–Crippen LogP) is 0.579. The van der Waals surface area contributed by atoms with Crippen LogP contribution in [-0.2, 0) is 11.3 Å². The number of hydrogen-bond acceptors (Lipinski definition) is 2. The van der Waals surface area contributed by atoms with Gasteiger partial charge in [0, 0.05) is 25.5 Å². The molecule has 1 heterocycles. The predicted molar refractivity (Wildman–Crippen MR) is 44.8 cm³/mol. The largest absolute Gasteiger partial charge is 0.481 e. The Labute approximate surface area is 70.6 Å². The molecule has 0 saturated heterocycles. The van der Waals surface area contributed by atoms with Crippen LogP contribution < -0.4 is 5.32 Å². The molecular formula is C8H12N2O2. The maximum Gasteiger partial charge on any atom is 0.304 e. The molecule has 0 saturated carbocycles. The molecule has 0 aliphatic carbocycles. The van der Waals surface area contributed by atoms with E-state index in [1.807, 2.05) is 18.5 Å². The Balaban J connectivity index is 2.07. The summed E-state index contributed by atoms with van der Waals surface area (Å²) in [4.78, 5) is 13.0. The normalized spacial score (nSPS) is 10.0. The Hall–Kier alpha value is -1.29. The SMILES string of the molecule is O=C(O)CCNCc1cc[nH]c1. The van der Waals surface area contributed by atoms with E-state index >= 15 is 0 Å². The van der Waals surface area contributed by atoms with Crippen molar-refractivity contribution in [2.45, 2.75) is 13.0 Å². The van der Waals surface area contributed by atoms with Crippen LogP contribution in [0, 0.1) is 0 Å². The van der Waals surface area contributed by atoms with Gasteiger partial charge in [-0.2, -0.15) is 0 Å². The third-order valence-corrected chi connectivity index (χ3v) is 1.51. The van der Waals surface area contributed by atoms with Crippen molar-refractivity contribution in [3.8, 4) is 0 Å². The molecule has 4 heteroatoms. The molecule has 0 unspecified atom stereocenters. The first-order valence-electron chi connectivity index (χ1n) is 3.83. The molecule has 1 rings (SSSR count). The fourth-order valence-corrected chi connectivity index (χ4v) is 0.896. The van der Waals surface area contributed by atoms with Gasteiger partial charge in [0.1, 0.15) is 0 Å². The van der Waals surface area contributed by atoms with Gasteiger partial charge in [0.2, 0.25) is 0 Å². The van der Waals surface area contributed by atoms with E-state index in [0.717, 1.165) is 12.1 Å². The number of aromatic amines is 1. The van der Waals surface area contributed by atoms with Crippen molar-refractivity contribution in [3.63, 3.8) is 0 Å². The van der Waals surface area contributed by atoms with Crippen LogP contribution in [0.15, 0.2) is 18.5 Å². The van der Waals surface area contributed by atoms with E-state index in [0.29, 0.717) is 6.54 Å². The zero-order chi connectivity index (χ0) is 8.81. The summed E-state index contributed by atoms with van der Waals surface area (Å²) in [6.45, 7) is 1.23. The van der Waals surface area contributed by atoms with Crippen molar-refractivity contribution in [2.24, 2.45) is 0 Å². The van der Waals surface area contributed by atoms with E-state index in [2.05, 4.69) is 10.3 Å². The molecule has 1 aromatic heterocycles. The molecule has 3 N–H and O–H groups in total. The molecule has 0 radical (unpaired) electrons. The first-order valence-corrected chi connectivity index (χ1v) is 3.83. The van der Waals surface area contributed by atoms with Gasteiger partial charge in [0.15, 0.2) is 0 Å². The van der Waals surface area contributed by atoms with Crippen LogP contribution in [0.3, 0.4) is 0 Å². The highest BCUT2D eigenvalue weighted by atomic mass is 16.4. The molecule has 0 fully saturated rings. The van der Waals surface area contributed by atoms with Gasteiger partial charge in [-0.15, -0.1) is 0 Å². The van der Waals surface area contributed by atoms with Crippen LogP contribution in [-0.4, -0.2) is 22.6 Å². The van der Waals surface area contributed by atoms with Crippen LogP contribution in [0.5, 0.6) is 0 Å².